The largest absolute Gasteiger partial charge is 0.478 e. The van der Waals surface area contributed by atoms with Gasteiger partial charge in [0.1, 0.15) is 0 Å². The van der Waals surface area contributed by atoms with Gasteiger partial charge in [-0.15, -0.1) is 0 Å². The molecular weight excluding hydrogens is 164 g/mol. The number of carbonyl (C=O) groups is 1. The van der Waals surface area contributed by atoms with E-state index in [0.29, 0.717) is 5.57 Å². The van der Waals surface area contributed by atoms with Crippen molar-refractivity contribution in [1.29, 1.82) is 0 Å². The van der Waals surface area contributed by atoms with E-state index in [1.54, 1.807) is 6.92 Å². The molecule has 0 heterocycles. The van der Waals surface area contributed by atoms with E-state index in [-0.39, 0.29) is 5.92 Å². The summed E-state index contributed by atoms with van der Waals surface area (Å²) in [7, 11) is 0. The van der Waals surface area contributed by atoms with E-state index in [2.05, 4.69) is 6.08 Å². The number of aliphatic carboxylic acids is 1. The Balaban J connectivity index is 2.83. The molecule has 2 nitrogen and oxygen atoms in total. The maximum absolute atomic E-state index is 10.7. The van der Waals surface area contributed by atoms with Gasteiger partial charge in [0.05, 0.1) is 0 Å². The fourth-order valence-corrected chi connectivity index (χ4v) is 1.35. The Hall–Kier alpha value is -1.31. The molecule has 1 aliphatic rings. The summed E-state index contributed by atoms with van der Waals surface area (Å²) in [5, 5.41) is 8.78. The van der Waals surface area contributed by atoms with Crippen LogP contribution in [0.5, 0.6) is 0 Å². The van der Waals surface area contributed by atoms with Crippen molar-refractivity contribution in [1.82, 2.24) is 0 Å². The lowest BCUT2D eigenvalue weighted by atomic mass is 9.90. The number of rotatable bonds is 2. The number of carboxylic acids is 1. The van der Waals surface area contributed by atoms with Crippen molar-refractivity contribution in [2.75, 3.05) is 0 Å². The van der Waals surface area contributed by atoms with Crippen LogP contribution in [0.25, 0.3) is 0 Å². The second-order valence-corrected chi connectivity index (χ2v) is 3.27. The molecule has 1 atom stereocenters. The van der Waals surface area contributed by atoms with Crippen LogP contribution in [0.15, 0.2) is 35.5 Å². The van der Waals surface area contributed by atoms with E-state index in [1.165, 1.54) is 0 Å². The average molecular weight is 178 g/mol. The maximum Gasteiger partial charge on any atom is 0.331 e. The summed E-state index contributed by atoms with van der Waals surface area (Å²) in [6.45, 7) is 3.54. The molecule has 0 spiro atoms. The van der Waals surface area contributed by atoms with Gasteiger partial charge in [0.15, 0.2) is 0 Å². The van der Waals surface area contributed by atoms with Crippen LogP contribution in [0, 0.1) is 5.92 Å². The minimum Gasteiger partial charge on any atom is -0.478 e. The first-order valence-electron chi connectivity index (χ1n) is 4.37. The summed E-state index contributed by atoms with van der Waals surface area (Å²) in [5.74, 6) is -0.554. The zero-order chi connectivity index (χ0) is 9.84. The van der Waals surface area contributed by atoms with Gasteiger partial charge in [-0.25, -0.2) is 4.79 Å². The number of allylic oxidation sites excluding steroid dienone is 5. The predicted molar refractivity (Wildman–Crippen MR) is 52.4 cm³/mol. The summed E-state index contributed by atoms with van der Waals surface area (Å²) >= 11 is 0. The molecule has 0 aromatic carbocycles. The molecule has 0 bridgehead atoms. The Morgan fingerprint density at radius 2 is 2.08 bits per heavy atom. The van der Waals surface area contributed by atoms with E-state index in [1.807, 2.05) is 25.2 Å². The molecule has 0 amide bonds. The summed E-state index contributed by atoms with van der Waals surface area (Å²) in [6, 6.07) is 0. The molecule has 0 aromatic heterocycles. The zero-order valence-electron chi connectivity index (χ0n) is 7.95. The van der Waals surface area contributed by atoms with E-state index in [4.69, 9.17) is 5.11 Å². The van der Waals surface area contributed by atoms with Gasteiger partial charge in [-0.05, 0) is 20.3 Å². The highest BCUT2D eigenvalue weighted by molar-refractivity contribution is 5.86. The van der Waals surface area contributed by atoms with Crippen LogP contribution in [0.3, 0.4) is 0 Å². The fraction of sp³-hybridized carbons (Fsp3) is 0.364. The molecule has 0 aromatic rings. The first-order chi connectivity index (χ1) is 6.13. The van der Waals surface area contributed by atoms with Crippen molar-refractivity contribution in [3.63, 3.8) is 0 Å². The lowest BCUT2D eigenvalue weighted by molar-refractivity contribution is -0.132. The summed E-state index contributed by atoms with van der Waals surface area (Å²) in [6.07, 6.45) is 8.96. The molecule has 0 aliphatic heterocycles. The minimum atomic E-state index is -0.819. The van der Waals surface area contributed by atoms with Crippen molar-refractivity contribution in [3.8, 4) is 0 Å². The van der Waals surface area contributed by atoms with Crippen LogP contribution >= 0.6 is 0 Å². The zero-order valence-corrected chi connectivity index (χ0v) is 7.95. The normalized spacial score (nSPS) is 22.8. The van der Waals surface area contributed by atoms with Crippen molar-refractivity contribution in [3.05, 3.63) is 35.5 Å². The smallest absolute Gasteiger partial charge is 0.331 e. The Labute approximate surface area is 78.3 Å². The Kier molecular flexibility index (Phi) is 3.07. The highest BCUT2D eigenvalue weighted by Gasteiger charge is 2.13. The van der Waals surface area contributed by atoms with Crippen LogP contribution in [0.1, 0.15) is 20.3 Å². The van der Waals surface area contributed by atoms with Crippen LogP contribution in [-0.4, -0.2) is 11.1 Å². The molecule has 1 unspecified atom stereocenters. The first-order valence-corrected chi connectivity index (χ1v) is 4.37. The molecule has 1 N–H and O–H groups in total. The lowest BCUT2D eigenvalue weighted by Gasteiger charge is -2.15. The van der Waals surface area contributed by atoms with E-state index in [9.17, 15) is 4.79 Å². The third-order valence-electron chi connectivity index (χ3n) is 2.45. The third-order valence-corrected chi connectivity index (χ3v) is 2.45. The third kappa shape index (κ3) is 2.31. The van der Waals surface area contributed by atoms with Crippen LogP contribution < -0.4 is 0 Å². The van der Waals surface area contributed by atoms with Gasteiger partial charge in [-0.2, -0.15) is 0 Å². The molecule has 0 radical (unpaired) electrons. The second-order valence-electron chi connectivity index (χ2n) is 3.27. The monoisotopic (exact) mass is 178 g/mol. The Bertz CT molecular complexity index is 295. The van der Waals surface area contributed by atoms with Crippen LogP contribution in [0.2, 0.25) is 0 Å². The average Bonchev–Trinajstić information content (AvgIpc) is 2.17. The van der Waals surface area contributed by atoms with Gasteiger partial charge in [-0.1, -0.05) is 29.9 Å². The Morgan fingerprint density at radius 3 is 2.54 bits per heavy atom. The maximum atomic E-state index is 10.7. The number of hydrogen-bond donors (Lipinski definition) is 1. The fourth-order valence-electron chi connectivity index (χ4n) is 1.35. The van der Waals surface area contributed by atoms with Gasteiger partial charge in [0, 0.05) is 11.5 Å². The van der Waals surface area contributed by atoms with E-state index < -0.39 is 5.97 Å². The minimum absolute atomic E-state index is 0.265. The predicted octanol–water partition coefficient (Wildman–Crippen LogP) is 2.54. The number of carboxylic acid groups (broad SMARTS) is 1. The molecule has 1 rings (SSSR count). The molecule has 2 heteroatoms. The summed E-state index contributed by atoms with van der Waals surface area (Å²) < 4.78 is 0. The van der Waals surface area contributed by atoms with E-state index >= 15 is 0 Å². The molecule has 0 saturated carbocycles. The van der Waals surface area contributed by atoms with Crippen molar-refractivity contribution in [2.45, 2.75) is 20.3 Å². The lowest BCUT2D eigenvalue weighted by Crippen LogP contribution is -2.07. The van der Waals surface area contributed by atoms with Crippen molar-refractivity contribution < 1.29 is 9.90 Å². The van der Waals surface area contributed by atoms with Crippen molar-refractivity contribution in [2.24, 2.45) is 5.92 Å². The summed E-state index contributed by atoms with van der Waals surface area (Å²) in [4.78, 5) is 10.7. The molecule has 13 heavy (non-hydrogen) atoms. The molecular formula is C11H14O2. The van der Waals surface area contributed by atoms with Crippen LogP contribution in [-0.2, 0) is 4.79 Å². The highest BCUT2D eigenvalue weighted by Crippen LogP contribution is 2.23. The van der Waals surface area contributed by atoms with Gasteiger partial charge in [0.2, 0.25) is 0 Å². The van der Waals surface area contributed by atoms with Gasteiger partial charge in [0.25, 0.3) is 0 Å². The van der Waals surface area contributed by atoms with Gasteiger partial charge < -0.3 is 5.11 Å². The Morgan fingerprint density at radius 1 is 1.38 bits per heavy atom. The molecule has 0 fully saturated rings. The van der Waals surface area contributed by atoms with Crippen molar-refractivity contribution >= 4 is 5.97 Å². The summed E-state index contributed by atoms with van der Waals surface area (Å²) in [5.41, 5.74) is 1.41. The SMILES string of the molecule is CC(C(=O)O)=C(C)C1C=CC=CC1. The van der Waals surface area contributed by atoms with Gasteiger partial charge in [-0.3, -0.25) is 0 Å². The standard InChI is InChI=1S/C11H14O2/c1-8(9(2)11(12)13)10-6-4-3-5-7-10/h3-6,10H,7H2,1-2H3,(H,12,13). The quantitative estimate of drug-likeness (QED) is 0.660. The second kappa shape index (κ2) is 4.08. The van der Waals surface area contributed by atoms with Gasteiger partial charge >= 0.3 is 5.97 Å². The molecule has 70 valence electrons. The first kappa shape index (κ1) is 9.78. The molecule has 0 saturated heterocycles. The number of hydrogen-bond acceptors (Lipinski definition) is 1. The van der Waals surface area contributed by atoms with E-state index in [0.717, 1.165) is 12.0 Å². The van der Waals surface area contributed by atoms with Crippen LogP contribution in [0.4, 0.5) is 0 Å². The highest BCUT2D eigenvalue weighted by atomic mass is 16.4. The molecule has 1 aliphatic carbocycles. The topological polar surface area (TPSA) is 37.3 Å².